The number of sulfone groups is 1. The molecule has 42 heavy (non-hydrogen) atoms. The van der Waals surface area contributed by atoms with Crippen molar-refractivity contribution in [3.63, 3.8) is 0 Å². The molecule has 3 aromatic rings. The Kier molecular flexibility index (Phi) is 7.91. The van der Waals surface area contributed by atoms with Crippen LogP contribution in [0.4, 0.5) is 10.1 Å². The van der Waals surface area contributed by atoms with Gasteiger partial charge in [0.2, 0.25) is 11.8 Å². The highest BCUT2D eigenvalue weighted by Crippen LogP contribution is 2.44. The van der Waals surface area contributed by atoms with E-state index < -0.39 is 56.7 Å². The van der Waals surface area contributed by atoms with Crippen LogP contribution in [0.1, 0.15) is 52.8 Å². The number of hydrogen-bond donors (Lipinski definition) is 3. The van der Waals surface area contributed by atoms with E-state index in [0.717, 1.165) is 6.07 Å². The molecule has 0 aromatic heterocycles. The second-order valence-corrected chi connectivity index (χ2v) is 12.6. The number of halogens is 1. The quantitative estimate of drug-likeness (QED) is 0.320. The highest BCUT2D eigenvalue weighted by atomic mass is 32.2. The molecule has 10 nitrogen and oxygen atoms in total. The van der Waals surface area contributed by atoms with E-state index in [1.165, 1.54) is 42.3 Å². The number of amides is 2. The van der Waals surface area contributed by atoms with Crippen LogP contribution in [-0.2, 0) is 19.4 Å². The van der Waals surface area contributed by atoms with Gasteiger partial charge in [-0.25, -0.2) is 12.8 Å². The monoisotopic (exact) mass is 595 g/mol. The Labute approximate surface area is 242 Å². The van der Waals surface area contributed by atoms with Crippen molar-refractivity contribution in [2.75, 3.05) is 19.0 Å². The summed E-state index contributed by atoms with van der Waals surface area (Å²) >= 11 is 0. The maximum absolute atomic E-state index is 14.4. The molecule has 0 radical (unpaired) electrons. The Hall–Kier alpha value is -4.45. The molecular weight excluding hydrogens is 565 g/mol. The van der Waals surface area contributed by atoms with Crippen molar-refractivity contribution in [3.8, 4) is 5.75 Å². The molecule has 0 unspecified atom stereocenters. The standard InChI is InChI=1S/C30H30FN3O7S/c1-41-24-16-17(9-12-23(24)31)26(33-19-6-4-5-18(15-19)28(32)35)29(36)34-14-13-22(30(37)38)27(34)21-7-2-3-8-25(21)42(39,40)20-10-11-20/h2-9,12,15-16,20,22,26-27,33H,10-11,13-14H2,1H3,(H2,32,35)(H,37,38)/t22-,26+,27-/m0/s1. The molecule has 2 aliphatic rings. The third kappa shape index (κ3) is 5.54. The smallest absolute Gasteiger partial charge is 0.309 e. The average molecular weight is 596 g/mol. The van der Waals surface area contributed by atoms with Crippen LogP contribution in [0.25, 0.3) is 0 Å². The largest absolute Gasteiger partial charge is 0.494 e. The van der Waals surface area contributed by atoms with Crippen LogP contribution in [0.2, 0.25) is 0 Å². The van der Waals surface area contributed by atoms with E-state index in [0.29, 0.717) is 24.1 Å². The number of ether oxygens (including phenoxy) is 1. The molecule has 2 amide bonds. The van der Waals surface area contributed by atoms with Crippen LogP contribution in [0.3, 0.4) is 0 Å². The number of primary amides is 1. The number of methoxy groups -OCH3 is 1. The molecule has 1 aliphatic carbocycles. The van der Waals surface area contributed by atoms with Crippen molar-refractivity contribution < 1.29 is 37.0 Å². The van der Waals surface area contributed by atoms with Gasteiger partial charge in [-0.05, 0) is 66.8 Å². The molecule has 0 bridgehead atoms. The topological polar surface area (TPSA) is 156 Å². The lowest BCUT2D eigenvalue weighted by atomic mass is 9.93. The number of nitrogens with zero attached hydrogens (tertiary/aromatic N) is 1. The van der Waals surface area contributed by atoms with Crippen molar-refractivity contribution in [1.29, 1.82) is 0 Å². The number of nitrogens with two attached hydrogens (primary N) is 1. The van der Waals surface area contributed by atoms with Crippen molar-refractivity contribution >= 4 is 33.3 Å². The van der Waals surface area contributed by atoms with Crippen molar-refractivity contribution in [2.45, 2.75) is 41.5 Å². The van der Waals surface area contributed by atoms with Gasteiger partial charge in [0, 0.05) is 17.8 Å². The minimum absolute atomic E-state index is 0.0190. The van der Waals surface area contributed by atoms with Gasteiger partial charge in [-0.15, -0.1) is 0 Å². The van der Waals surface area contributed by atoms with Crippen LogP contribution >= 0.6 is 0 Å². The number of benzene rings is 3. The second kappa shape index (κ2) is 11.4. The lowest BCUT2D eigenvalue weighted by molar-refractivity contribution is -0.143. The molecule has 5 rings (SSSR count). The summed E-state index contributed by atoms with van der Waals surface area (Å²) in [6.45, 7) is 0.0378. The van der Waals surface area contributed by atoms with Crippen LogP contribution < -0.4 is 15.8 Å². The predicted octanol–water partition coefficient (Wildman–Crippen LogP) is 3.70. The summed E-state index contributed by atoms with van der Waals surface area (Å²) in [5, 5.41) is 12.7. The summed E-state index contributed by atoms with van der Waals surface area (Å²) in [7, 11) is -2.44. The molecule has 12 heteroatoms. The molecule has 2 fully saturated rings. The number of carbonyl (C=O) groups excluding carboxylic acids is 2. The number of likely N-dealkylation sites (tertiary alicyclic amines) is 1. The van der Waals surface area contributed by atoms with E-state index in [9.17, 15) is 32.3 Å². The van der Waals surface area contributed by atoms with Gasteiger partial charge in [-0.3, -0.25) is 14.4 Å². The zero-order valence-electron chi connectivity index (χ0n) is 22.7. The molecular formula is C30H30FN3O7S. The fourth-order valence-electron chi connectivity index (χ4n) is 5.46. The van der Waals surface area contributed by atoms with Gasteiger partial charge >= 0.3 is 5.97 Å². The Balaban J connectivity index is 1.60. The van der Waals surface area contributed by atoms with Gasteiger partial charge in [-0.1, -0.05) is 30.3 Å². The number of carboxylic acid groups (broad SMARTS) is 1. The molecule has 3 atom stereocenters. The number of carbonyl (C=O) groups is 3. The highest BCUT2D eigenvalue weighted by Gasteiger charge is 2.47. The Morgan fingerprint density at radius 1 is 1.05 bits per heavy atom. The molecule has 1 heterocycles. The van der Waals surface area contributed by atoms with E-state index in [2.05, 4.69) is 5.32 Å². The zero-order valence-corrected chi connectivity index (χ0v) is 23.5. The third-order valence-electron chi connectivity index (χ3n) is 7.72. The summed E-state index contributed by atoms with van der Waals surface area (Å²) in [6.07, 6.45) is 1.14. The van der Waals surface area contributed by atoms with Gasteiger partial charge in [0.15, 0.2) is 21.4 Å². The minimum Gasteiger partial charge on any atom is -0.494 e. The first-order valence-electron chi connectivity index (χ1n) is 13.4. The number of carboxylic acids is 1. The van der Waals surface area contributed by atoms with Crippen LogP contribution in [-0.4, -0.2) is 55.1 Å². The van der Waals surface area contributed by atoms with E-state index in [1.54, 1.807) is 30.3 Å². The van der Waals surface area contributed by atoms with Crippen molar-refractivity contribution in [3.05, 3.63) is 89.2 Å². The molecule has 0 spiro atoms. The van der Waals surface area contributed by atoms with Crippen LogP contribution in [0.5, 0.6) is 5.75 Å². The van der Waals surface area contributed by atoms with E-state index >= 15 is 0 Å². The van der Waals surface area contributed by atoms with Gasteiger partial charge in [0.1, 0.15) is 6.04 Å². The molecule has 1 saturated carbocycles. The SMILES string of the molecule is COc1cc([C@@H](Nc2cccc(C(N)=O)c2)C(=O)N2CC[C@H](C(=O)O)[C@@H]2c2ccccc2S(=O)(=O)C2CC2)ccc1F. The molecule has 3 aromatic carbocycles. The van der Waals surface area contributed by atoms with Gasteiger partial charge in [0.25, 0.3) is 0 Å². The fraction of sp³-hybridized carbons (Fsp3) is 0.300. The molecule has 4 N–H and O–H groups in total. The number of anilines is 1. The average Bonchev–Trinajstić information content (AvgIpc) is 3.75. The Morgan fingerprint density at radius 3 is 2.45 bits per heavy atom. The van der Waals surface area contributed by atoms with Crippen LogP contribution in [0.15, 0.2) is 71.6 Å². The van der Waals surface area contributed by atoms with Gasteiger partial charge in [-0.2, -0.15) is 0 Å². The highest BCUT2D eigenvalue weighted by molar-refractivity contribution is 7.92. The summed E-state index contributed by atoms with van der Waals surface area (Å²) < 4.78 is 46.2. The van der Waals surface area contributed by atoms with Gasteiger partial charge in [0.05, 0.1) is 29.2 Å². The van der Waals surface area contributed by atoms with E-state index in [4.69, 9.17) is 10.5 Å². The number of rotatable bonds is 10. The van der Waals surface area contributed by atoms with E-state index in [1.807, 2.05) is 0 Å². The summed E-state index contributed by atoms with van der Waals surface area (Å²) in [4.78, 5) is 40.0. The molecule has 1 aliphatic heterocycles. The predicted molar refractivity (Wildman–Crippen MR) is 151 cm³/mol. The lowest BCUT2D eigenvalue weighted by Crippen LogP contribution is -2.40. The normalized spacial score (nSPS) is 19.2. The third-order valence-corrected chi connectivity index (χ3v) is 10.1. The first kappa shape index (κ1) is 29.1. The maximum Gasteiger partial charge on any atom is 0.309 e. The van der Waals surface area contributed by atoms with E-state index in [-0.39, 0.29) is 34.7 Å². The van der Waals surface area contributed by atoms with Gasteiger partial charge < -0.3 is 25.8 Å². The van der Waals surface area contributed by atoms with Crippen molar-refractivity contribution in [2.24, 2.45) is 11.7 Å². The minimum atomic E-state index is -3.73. The fourth-order valence-corrected chi connectivity index (χ4v) is 7.36. The summed E-state index contributed by atoms with van der Waals surface area (Å²) in [6, 6.07) is 14.0. The van der Waals surface area contributed by atoms with Crippen LogP contribution in [0, 0.1) is 11.7 Å². The Bertz CT molecular complexity index is 1660. The number of aliphatic carboxylic acids is 1. The summed E-state index contributed by atoms with van der Waals surface area (Å²) in [5.41, 5.74) is 6.53. The number of hydrogen-bond acceptors (Lipinski definition) is 7. The second-order valence-electron chi connectivity index (χ2n) is 10.4. The zero-order chi connectivity index (χ0) is 30.2. The molecule has 220 valence electrons. The number of nitrogens with one attached hydrogen (secondary N) is 1. The first-order valence-corrected chi connectivity index (χ1v) is 14.9. The molecule has 1 saturated heterocycles. The van der Waals surface area contributed by atoms with Crippen molar-refractivity contribution in [1.82, 2.24) is 4.90 Å². The maximum atomic E-state index is 14.4. The summed E-state index contributed by atoms with van der Waals surface area (Å²) in [5.74, 6) is -4.22. The Morgan fingerprint density at radius 2 is 1.79 bits per heavy atom. The lowest BCUT2D eigenvalue weighted by Gasteiger charge is -2.32. The first-order chi connectivity index (χ1) is 20.0.